The van der Waals surface area contributed by atoms with E-state index in [0.29, 0.717) is 23.8 Å². The van der Waals surface area contributed by atoms with Gasteiger partial charge in [-0.15, -0.1) is 0 Å². The van der Waals surface area contributed by atoms with Crippen molar-refractivity contribution in [3.8, 4) is 0 Å². The molecular weight excluding hydrogens is 404 g/mol. The molecule has 1 aliphatic rings. The quantitative estimate of drug-likeness (QED) is 0.410. The normalized spacial score (nSPS) is 13.7. The summed E-state index contributed by atoms with van der Waals surface area (Å²) in [7, 11) is 1.93. The van der Waals surface area contributed by atoms with Gasteiger partial charge in [-0.3, -0.25) is 14.9 Å². The molecule has 2 aromatic carbocycles. The second-order valence-corrected chi connectivity index (χ2v) is 8.05. The van der Waals surface area contributed by atoms with Crippen molar-refractivity contribution in [1.82, 2.24) is 24.8 Å². The Labute approximate surface area is 185 Å². The Hall–Kier alpha value is -3.65. The number of amides is 2. The van der Waals surface area contributed by atoms with Gasteiger partial charge in [0.15, 0.2) is 0 Å². The predicted octanol–water partition coefficient (Wildman–Crippen LogP) is 2.99. The van der Waals surface area contributed by atoms with Gasteiger partial charge in [0, 0.05) is 36.1 Å². The number of fused-ring (bicyclic) bond motifs is 4. The second-order valence-electron chi connectivity index (χ2n) is 8.05. The minimum Gasteiger partial charge on any atom is -0.351 e. The molecule has 2 amide bonds. The highest BCUT2D eigenvalue weighted by molar-refractivity contribution is 6.07. The molecule has 0 saturated heterocycles. The number of hydrogen-bond donors (Lipinski definition) is 3. The maximum absolute atomic E-state index is 13.2. The summed E-state index contributed by atoms with van der Waals surface area (Å²) in [5.74, 6) is 0.256. The minimum absolute atomic E-state index is 0.0695. The van der Waals surface area contributed by atoms with Crippen LogP contribution in [0.4, 0.5) is 5.95 Å². The van der Waals surface area contributed by atoms with Crippen molar-refractivity contribution >= 4 is 39.7 Å². The van der Waals surface area contributed by atoms with Crippen LogP contribution in [0.3, 0.4) is 0 Å². The lowest BCUT2D eigenvalue weighted by molar-refractivity contribution is 0.0950. The van der Waals surface area contributed by atoms with Crippen LogP contribution in [0, 0.1) is 0 Å². The summed E-state index contributed by atoms with van der Waals surface area (Å²) < 4.78 is 4.05. The van der Waals surface area contributed by atoms with Crippen molar-refractivity contribution in [2.24, 2.45) is 0 Å². The zero-order chi connectivity index (χ0) is 22.1. The molecule has 32 heavy (non-hydrogen) atoms. The molecule has 8 heteroatoms. The molecule has 3 heterocycles. The van der Waals surface area contributed by atoms with Gasteiger partial charge in [0.1, 0.15) is 5.69 Å². The van der Waals surface area contributed by atoms with Crippen molar-refractivity contribution in [2.75, 3.05) is 25.5 Å². The zero-order valence-corrected chi connectivity index (χ0v) is 18.0. The van der Waals surface area contributed by atoms with Gasteiger partial charge in [0.2, 0.25) is 5.95 Å². The maximum atomic E-state index is 13.2. The van der Waals surface area contributed by atoms with Gasteiger partial charge in [-0.1, -0.05) is 18.2 Å². The Bertz CT molecular complexity index is 1320. The summed E-state index contributed by atoms with van der Waals surface area (Å²) >= 11 is 0. The minimum atomic E-state index is -0.217. The number of imidazole rings is 1. The number of aromatic nitrogens is 3. The molecular formula is C24H26N6O2. The standard InChI is InChI=1S/C24H26N6O2/c1-25-10-4-13-30-19-7-3-2-6-18(19)27-24(30)28-22(31)17-9-8-16-14-21-23(32)26-11-5-12-29(21)20(16)15-17/h2-3,6-9,14-15,25H,4-5,10-13H2,1H3,(H,26,32)(H,27,28,31). The Morgan fingerprint density at radius 1 is 1.16 bits per heavy atom. The van der Waals surface area contributed by atoms with Crippen LogP contribution in [0.1, 0.15) is 33.7 Å². The summed E-state index contributed by atoms with van der Waals surface area (Å²) in [6.07, 6.45) is 1.78. The fraction of sp³-hybridized carbons (Fsp3) is 0.292. The first kappa shape index (κ1) is 20.3. The third-order valence-corrected chi connectivity index (χ3v) is 5.93. The lowest BCUT2D eigenvalue weighted by Crippen LogP contribution is -2.22. The van der Waals surface area contributed by atoms with E-state index in [1.54, 1.807) is 6.07 Å². The van der Waals surface area contributed by atoms with E-state index >= 15 is 0 Å². The van der Waals surface area contributed by atoms with Gasteiger partial charge in [0.05, 0.1) is 11.0 Å². The largest absolute Gasteiger partial charge is 0.351 e. The van der Waals surface area contributed by atoms with Crippen LogP contribution in [0.2, 0.25) is 0 Å². The molecule has 0 radical (unpaired) electrons. The molecule has 1 aliphatic heterocycles. The molecule has 0 unspecified atom stereocenters. The smallest absolute Gasteiger partial charge is 0.267 e. The van der Waals surface area contributed by atoms with E-state index in [0.717, 1.165) is 54.4 Å². The zero-order valence-electron chi connectivity index (χ0n) is 18.0. The molecule has 0 atom stereocenters. The fourth-order valence-electron chi connectivity index (χ4n) is 4.34. The number of para-hydroxylation sites is 2. The highest BCUT2D eigenvalue weighted by Crippen LogP contribution is 2.25. The first-order chi connectivity index (χ1) is 15.7. The molecule has 0 saturated carbocycles. The van der Waals surface area contributed by atoms with E-state index in [4.69, 9.17) is 0 Å². The van der Waals surface area contributed by atoms with Crippen molar-refractivity contribution in [1.29, 1.82) is 0 Å². The second kappa shape index (κ2) is 8.47. The van der Waals surface area contributed by atoms with Crippen molar-refractivity contribution in [3.63, 3.8) is 0 Å². The van der Waals surface area contributed by atoms with E-state index in [1.165, 1.54) is 0 Å². The third-order valence-electron chi connectivity index (χ3n) is 5.93. The van der Waals surface area contributed by atoms with Gasteiger partial charge in [0.25, 0.3) is 11.8 Å². The summed E-state index contributed by atoms with van der Waals surface area (Å²) in [6, 6.07) is 15.3. The molecule has 0 spiro atoms. The Morgan fingerprint density at radius 3 is 2.91 bits per heavy atom. The van der Waals surface area contributed by atoms with Gasteiger partial charge < -0.3 is 19.8 Å². The van der Waals surface area contributed by atoms with Crippen LogP contribution in [0.15, 0.2) is 48.5 Å². The predicted molar refractivity (Wildman–Crippen MR) is 125 cm³/mol. The molecule has 0 fully saturated rings. The highest BCUT2D eigenvalue weighted by atomic mass is 16.2. The summed E-state index contributed by atoms with van der Waals surface area (Å²) in [5.41, 5.74) is 3.92. The number of aryl methyl sites for hydroxylation is 2. The molecule has 2 aromatic heterocycles. The highest BCUT2D eigenvalue weighted by Gasteiger charge is 2.20. The summed E-state index contributed by atoms with van der Waals surface area (Å²) in [6.45, 7) is 3.02. The average Bonchev–Trinajstić information content (AvgIpc) is 3.28. The SMILES string of the molecule is CNCCCn1c(NC(=O)c2ccc3cc4n(c3c2)CCCNC4=O)nc2ccccc21. The van der Waals surface area contributed by atoms with Gasteiger partial charge in [-0.25, -0.2) is 4.98 Å². The number of carbonyl (C=O) groups excluding carboxylic acids is 2. The molecule has 3 N–H and O–H groups in total. The summed E-state index contributed by atoms with van der Waals surface area (Å²) in [5, 5.41) is 10.0. The molecule has 0 aliphatic carbocycles. The lowest BCUT2D eigenvalue weighted by Gasteiger charge is -2.11. The van der Waals surface area contributed by atoms with Crippen LogP contribution >= 0.6 is 0 Å². The monoisotopic (exact) mass is 430 g/mol. The number of anilines is 1. The van der Waals surface area contributed by atoms with Crippen molar-refractivity contribution in [2.45, 2.75) is 25.9 Å². The van der Waals surface area contributed by atoms with E-state index in [-0.39, 0.29) is 11.8 Å². The van der Waals surface area contributed by atoms with Crippen LogP contribution in [-0.2, 0) is 13.1 Å². The molecule has 8 nitrogen and oxygen atoms in total. The van der Waals surface area contributed by atoms with Crippen LogP contribution in [-0.4, -0.2) is 46.1 Å². The third kappa shape index (κ3) is 3.62. The van der Waals surface area contributed by atoms with Gasteiger partial charge in [-0.2, -0.15) is 0 Å². The Kier molecular flexibility index (Phi) is 5.36. The average molecular weight is 431 g/mol. The molecule has 0 bridgehead atoms. The van der Waals surface area contributed by atoms with Crippen molar-refractivity contribution in [3.05, 3.63) is 59.8 Å². The van der Waals surface area contributed by atoms with Crippen LogP contribution in [0.5, 0.6) is 0 Å². The van der Waals surface area contributed by atoms with Gasteiger partial charge in [-0.05, 0) is 56.8 Å². The maximum Gasteiger partial charge on any atom is 0.267 e. The van der Waals surface area contributed by atoms with Gasteiger partial charge >= 0.3 is 0 Å². The number of benzene rings is 2. The molecule has 4 aromatic rings. The van der Waals surface area contributed by atoms with Crippen LogP contribution < -0.4 is 16.0 Å². The Balaban J connectivity index is 1.47. The van der Waals surface area contributed by atoms with Crippen molar-refractivity contribution < 1.29 is 9.59 Å². The van der Waals surface area contributed by atoms with E-state index < -0.39 is 0 Å². The number of nitrogens with one attached hydrogen (secondary N) is 3. The summed E-state index contributed by atoms with van der Waals surface area (Å²) in [4.78, 5) is 30.2. The number of nitrogens with zero attached hydrogens (tertiary/aromatic N) is 3. The topological polar surface area (TPSA) is 93.0 Å². The Morgan fingerprint density at radius 2 is 2.03 bits per heavy atom. The first-order valence-electron chi connectivity index (χ1n) is 11.0. The molecule has 164 valence electrons. The number of carbonyl (C=O) groups is 2. The van der Waals surface area contributed by atoms with Crippen LogP contribution in [0.25, 0.3) is 21.9 Å². The first-order valence-corrected chi connectivity index (χ1v) is 11.0. The molecule has 5 rings (SSSR count). The number of hydrogen-bond acceptors (Lipinski definition) is 4. The van der Waals surface area contributed by atoms with E-state index in [9.17, 15) is 9.59 Å². The number of rotatable bonds is 6. The lowest BCUT2D eigenvalue weighted by atomic mass is 10.1. The van der Waals surface area contributed by atoms with E-state index in [2.05, 4.69) is 25.5 Å². The van der Waals surface area contributed by atoms with E-state index in [1.807, 2.05) is 54.1 Å². The fourth-order valence-corrected chi connectivity index (χ4v) is 4.34.